The van der Waals surface area contributed by atoms with Crippen molar-refractivity contribution in [2.45, 2.75) is 51.7 Å². The molecule has 18 heavy (non-hydrogen) atoms. The molecule has 0 aliphatic carbocycles. The minimum absolute atomic E-state index is 0.0362. The maximum Gasteiger partial charge on any atom is 0.239 e. The van der Waals surface area contributed by atoms with Crippen LogP contribution >= 0.6 is 0 Å². The van der Waals surface area contributed by atoms with Crippen LogP contribution in [0.5, 0.6) is 0 Å². The van der Waals surface area contributed by atoms with Crippen LogP contribution in [0.1, 0.15) is 39.5 Å². The van der Waals surface area contributed by atoms with E-state index in [1.807, 2.05) is 11.8 Å². The van der Waals surface area contributed by atoms with Gasteiger partial charge in [-0.2, -0.15) is 0 Å². The van der Waals surface area contributed by atoms with Gasteiger partial charge in [0.15, 0.2) is 0 Å². The lowest BCUT2D eigenvalue weighted by Crippen LogP contribution is -2.53. The van der Waals surface area contributed by atoms with Gasteiger partial charge < -0.3 is 15.0 Å². The van der Waals surface area contributed by atoms with Crippen LogP contribution in [0.25, 0.3) is 0 Å². The highest BCUT2D eigenvalue weighted by Gasteiger charge is 2.31. The summed E-state index contributed by atoms with van der Waals surface area (Å²) in [7, 11) is 0. The van der Waals surface area contributed by atoms with Crippen molar-refractivity contribution in [3.63, 3.8) is 0 Å². The standard InChI is InChI=1S/C14H26N2O2/c1-3-18-12-5-4-8-16(10-12)14(17)13-9-11(2)6-7-15-13/h11-13,15H,3-10H2,1-2H3. The van der Waals surface area contributed by atoms with Gasteiger partial charge in [-0.25, -0.2) is 0 Å². The third kappa shape index (κ3) is 3.45. The SMILES string of the molecule is CCOC1CCCN(C(=O)C2CC(C)CCN2)C1. The first-order chi connectivity index (χ1) is 8.70. The highest BCUT2D eigenvalue weighted by atomic mass is 16.5. The van der Waals surface area contributed by atoms with Crippen LogP contribution in [0.4, 0.5) is 0 Å². The number of carbonyl (C=O) groups excluding carboxylic acids is 1. The Morgan fingerprint density at radius 2 is 2.28 bits per heavy atom. The molecule has 4 heteroatoms. The summed E-state index contributed by atoms with van der Waals surface area (Å²) in [6, 6.07) is 0.0362. The Morgan fingerprint density at radius 1 is 1.44 bits per heavy atom. The van der Waals surface area contributed by atoms with Crippen molar-refractivity contribution in [1.82, 2.24) is 10.2 Å². The molecule has 0 aromatic heterocycles. The lowest BCUT2D eigenvalue weighted by atomic mass is 9.93. The number of piperidine rings is 2. The summed E-state index contributed by atoms with van der Waals surface area (Å²) in [4.78, 5) is 14.5. The minimum atomic E-state index is 0.0362. The van der Waals surface area contributed by atoms with Gasteiger partial charge in [-0.1, -0.05) is 6.92 Å². The monoisotopic (exact) mass is 254 g/mol. The predicted molar refractivity (Wildman–Crippen MR) is 71.4 cm³/mol. The molecule has 2 saturated heterocycles. The van der Waals surface area contributed by atoms with Gasteiger partial charge in [-0.05, 0) is 45.1 Å². The van der Waals surface area contributed by atoms with Crippen molar-refractivity contribution >= 4 is 5.91 Å². The van der Waals surface area contributed by atoms with Gasteiger partial charge in [-0.3, -0.25) is 4.79 Å². The van der Waals surface area contributed by atoms with Crippen molar-refractivity contribution in [1.29, 1.82) is 0 Å². The maximum atomic E-state index is 12.5. The van der Waals surface area contributed by atoms with Crippen LogP contribution in [-0.4, -0.2) is 49.2 Å². The Balaban J connectivity index is 1.87. The minimum Gasteiger partial charge on any atom is -0.377 e. The Bertz CT molecular complexity index is 281. The topological polar surface area (TPSA) is 41.6 Å². The van der Waals surface area contributed by atoms with E-state index in [1.54, 1.807) is 0 Å². The fraction of sp³-hybridized carbons (Fsp3) is 0.929. The summed E-state index contributed by atoms with van der Waals surface area (Å²) in [6.07, 6.45) is 4.57. The predicted octanol–water partition coefficient (Wildman–Crippen LogP) is 1.40. The van der Waals surface area contributed by atoms with Gasteiger partial charge in [0.1, 0.15) is 0 Å². The molecule has 0 radical (unpaired) electrons. The molecule has 0 aromatic rings. The first-order valence-corrected chi connectivity index (χ1v) is 7.34. The first kappa shape index (κ1) is 13.8. The number of nitrogens with zero attached hydrogens (tertiary/aromatic N) is 1. The fourth-order valence-electron chi connectivity index (χ4n) is 3.03. The number of ether oxygens (including phenoxy) is 1. The van der Waals surface area contributed by atoms with E-state index < -0.39 is 0 Å². The third-order valence-corrected chi connectivity index (χ3v) is 4.06. The Hall–Kier alpha value is -0.610. The van der Waals surface area contributed by atoms with E-state index in [0.29, 0.717) is 5.92 Å². The van der Waals surface area contributed by atoms with Gasteiger partial charge in [0.05, 0.1) is 12.1 Å². The average molecular weight is 254 g/mol. The maximum absolute atomic E-state index is 12.5. The van der Waals surface area contributed by atoms with E-state index in [-0.39, 0.29) is 18.1 Å². The van der Waals surface area contributed by atoms with Crippen LogP contribution < -0.4 is 5.32 Å². The molecule has 0 bridgehead atoms. The zero-order chi connectivity index (χ0) is 13.0. The zero-order valence-corrected chi connectivity index (χ0v) is 11.7. The van der Waals surface area contributed by atoms with Crippen LogP contribution in [0.15, 0.2) is 0 Å². The first-order valence-electron chi connectivity index (χ1n) is 7.34. The fourth-order valence-corrected chi connectivity index (χ4v) is 3.03. The second kappa shape index (κ2) is 6.53. The van der Waals surface area contributed by atoms with Crippen molar-refractivity contribution in [2.24, 2.45) is 5.92 Å². The lowest BCUT2D eigenvalue weighted by molar-refractivity contribution is -0.138. The highest BCUT2D eigenvalue weighted by molar-refractivity contribution is 5.82. The second-order valence-electron chi connectivity index (χ2n) is 5.64. The Kier molecular flexibility index (Phi) is 5.01. The summed E-state index contributed by atoms with van der Waals surface area (Å²) >= 11 is 0. The Labute approximate surface area is 110 Å². The molecule has 1 N–H and O–H groups in total. The summed E-state index contributed by atoms with van der Waals surface area (Å²) < 4.78 is 5.66. The van der Waals surface area contributed by atoms with Gasteiger partial charge in [-0.15, -0.1) is 0 Å². The second-order valence-corrected chi connectivity index (χ2v) is 5.64. The lowest BCUT2D eigenvalue weighted by Gasteiger charge is -2.37. The van der Waals surface area contributed by atoms with Crippen molar-refractivity contribution < 1.29 is 9.53 Å². The normalized spacial score (nSPS) is 33.4. The number of likely N-dealkylation sites (tertiary alicyclic amines) is 1. The molecule has 2 rings (SSSR count). The van der Waals surface area contributed by atoms with Crippen molar-refractivity contribution in [3.8, 4) is 0 Å². The van der Waals surface area contributed by atoms with Gasteiger partial charge in [0.2, 0.25) is 5.91 Å². The summed E-state index contributed by atoms with van der Waals surface area (Å²) in [5.74, 6) is 0.943. The van der Waals surface area contributed by atoms with Crippen molar-refractivity contribution in [3.05, 3.63) is 0 Å². The van der Waals surface area contributed by atoms with E-state index in [4.69, 9.17) is 4.74 Å². The number of hydrogen-bond donors (Lipinski definition) is 1. The zero-order valence-electron chi connectivity index (χ0n) is 11.7. The molecule has 0 aromatic carbocycles. The number of carbonyl (C=O) groups is 1. The molecule has 2 aliphatic heterocycles. The van der Waals surface area contributed by atoms with Crippen LogP contribution in [0.3, 0.4) is 0 Å². The molecular weight excluding hydrogens is 228 g/mol. The molecular formula is C14H26N2O2. The van der Waals surface area contributed by atoms with E-state index in [2.05, 4.69) is 12.2 Å². The van der Waals surface area contributed by atoms with E-state index in [1.165, 1.54) is 6.42 Å². The number of nitrogens with one attached hydrogen (secondary N) is 1. The number of rotatable bonds is 3. The van der Waals surface area contributed by atoms with E-state index in [9.17, 15) is 4.79 Å². The molecule has 3 atom stereocenters. The van der Waals surface area contributed by atoms with Gasteiger partial charge in [0, 0.05) is 19.7 Å². The third-order valence-electron chi connectivity index (χ3n) is 4.06. The molecule has 0 saturated carbocycles. The summed E-state index contributed by atoms with van der Waals surface area (Å²) in [5.41, 5.74) is 0. The van der Waals surface area contributed by atoms with Crippen LogP contribution in [0, 0.1) is 5.92 Å². The highest BCUT2D eigenvalue weighted by Crippen LogP contribution is 2.19. The van der Waals surface area contributed by atoms with E-state index >= 15 is 0 Å². The van der Waals surface area contributed by atoms with Crippen LogP contribution in [-0.2, 0) is 9.53 Å². The van der Waals surface area contributed by atoms with E-state index in [0.717, 1.165) is 45.5 Å². The Morgan fingerprint density at radius 3 is 3.00 bits per heavy atom. The quantitative estimate of drug-likeness (QED) is 0.828. The summed E-state index contributed by atoms with van der Waals surface area (Å²) in [6.45, 7) is 7.64. The average Bonchev–Trinajstić information content (AvgIpc) is 2.39. The number of hydrogen-bond acceptors (Lipinski definition) is 3. The van der Waals surface area contributed by atoms with Crippen molar-refractivity contribution in [2.75, 3.05) is 26.2 Å². The largest absolute Gasteiger partial charge is 0.377 e. The molecule has 2 fully saturated rings. The van der Waals surface area contributed by atoms with Gasteiger partial charge >= 0.3 is 0 Å². The van der Waals surface area contributed by atoms with Crippen LogP contribution in [0.2, 0.25) is 0 Å². The number of amides is 1. The molecule has 4 nitrogen and oxygen atoms in total. The molecule has 3 unspecified atom stereocenters. The molecule has 2 heterocycles. The van der Waals surface area contributed by atoms with Gasteiger partial charge in [0.25, 0.3) is 0 Å². The molecule has 2 aliphatic rings. The summed E-state index contributed by atoms with van der Waals surface area (Å²) in [5, 5.41) is 3.36. The smallest absolute Gasteiger partial charge is 0.239 e. The molecule has 0 spiro atoms. The molecule has 1 amide bonds. The molecule has 104 valence electrons.